The molecule has 0 N–H and O–H groups in total. The number of alkyl halides is 1. The molecule has 0 aromatic heterocycles. The number of nitrogens with zero attached hydrogens (tertiary/aromatic N) is 3. The minimum atomic E-state index is -1.73. The highest BCUT2D eigenvalue weighted by Crippen LogP contribution is 2.42. The number of methoxy groups -OCH3 is 1. The van der Waals surface area contributed by atoms with Crippen molar-refractivity contribution in [3.63, 3.8) is 0 Å². The van der Waals surface area contributed by atoms with Crippen LogP contribution in [-0.2, 0) is 23.8 Å². The Kier molecular flexibility index (Phi) is 7.32. The molecule has 1 rings (SSSR count). The van der Waals surface area contributed by atoms with E-state index >= 15 is 0 Å². The van der Waals surface area contributed by atoms with E-state index in [9.17, 15) is 9.59 Å². The number of hydrogen-bond acceptors (Lipinski definition) is 6. The lowest BCUT2D eigenvalue weighted by molar-refractivity contribution is -0.191. The van der Waals surface area contributed by atoms with Crippen LogP contribution in [0.1, 0.15) is 40.5 Å². The van der Waals surface area contributed by atoms with Crippen LogP contribution in [-0.4, -0.2) is 42.4 Å². The van der Waals surface area contributed by atoms with Crippen molar-refractivity contribution in [2.45, 2.75) is 63.8 Å². The molecule has 0 aromatic carbocycles. The summed E-state index contributed by atoms with van der Waals surface area (Å²) >= 11 is 6.33. The summed E-state index contributed by atoms with van der Waals surface area (Å²) in [5, 5.41) is 2.03. The Morgan fingerprint density at radius 3 is 2.62 bits per heavy atom. The van der Waals surface area contributed by atoms with Crippen LogP contribution in [0.15, 0.2) is 5.11 Å². The molecule has 0 amide bonds. The maximum atomic E-state index is 12.0. The van der Waals surface area contributed by atoms with Crippen molar-refractivity contribution in [2.75, 3.05) is 7.11 Å². The first-order valence-electron chi connectivity index (χ1n) is 7.86. The molecular weight excluding hydrogens is 338 g/mol. The summed E-state index contributed by atoms with van der Waals surface area (Å²) in [6.45, 7) is 6.93. The first-order valence-corrected chi connectivity index (χ1v) is 8.24. The molecule has 24 heavy (non-hydrogen) atoms. The SMILES string of the molecule is CC[C@@H](OC(C)=O)[C@@H](C)C1O[C@](Cl)(C(=O)OC)C[C@@H](N=[N+]=[N-])[C@H]1C. The summed E-state index contributed by atoms with van der Waals surface area (Å²) in [5.41, 5.74) is 8.79. The highest BCUT2D eigenvalue weighted by Gasteiger charge is 2.52. The van der Waals surface area contributed by atoms with Crippen molar-refractivity contribution < 1.29 is 23.8 Å². The Morgan fingerprint density at radius 1 is 1.54 bits per heavy atom. The van der Waals surface area contributed by atoms with Gasteiger partial charge in [0.2, 0.25) is 5.06 Å². The normalized spacial score (nSPS) is 32.2. The van der Waals surface area contributed by atoms with Crippen molar-refractivity contribution in [3.8, 4) is 0 Å². The van der Waals surface area contributed by atoms with Gasteiger partial charge in [0.25, 0.3) is 0 Å². The molecular formula is C15H24ClN3O5. The van der Waals surface area contributed by atoms with Crippen LogP contribution in [0, 0.1) is 11.8 Å². The monoisotopic (exact) mass is 361 g/mol. The number of ether oxygens (including phenoxy) is 3. The van der Waals surface area contributed by atoms with Crippen molar-refractivity contribution in [1.82, 2.24) is 0 Å². The Hall–Kier alpha value is -1.50. The number of esters is 2. The average molecular weight is 362 g/mol. The predicted octanol–water partition coefficient (Wildman–Crippen LogP) is 3.18. The highest BCUT2D eigenvalue weighted by atomic mass is 35.5. The molecule has 0 aliphatic carbocycles. The smallest absolute Gasteiger partial charge is 0.354 e. The molecule has 1 aliphatic heterocycles. The van der Waals surface area contributed by atoms with Crippen LogP contribution in [0.25, 0.3) is 10.4 Å². The lowest BCUT2D eigenvalue weighted by Crippen LogP contribution is -2.55. The van der Waals surface area contributed by atoms with E-state index in [-0.39, 0.29) is 18.3 Å². The minimum absolute atomic E-state index is 0.0139. The van der Waals surface area contributed by atoms with Gasteiger partial charge in [0.1, 0.15) is 6.10 Å². The van der Waals surface area contributed by atoms with E-state index < -0.39 is 35.2 Å². The summed E-state index contributed by atoms with van der Waals surface area (Å²) in [7, 11) is 1.21. The van der Waals surface area contributed by atoms with Crippen molar-refractivity contribution in [3.05, 3.63) is 10.4 Å². The summed E-state index contributed by atoms with van der Waals surface area (Å²) in [6.07, 6.45) is -0.360. The van der Waals surface area contributed by atoms with Crippen LogP contribution in [0.2, 0.25) is 0 Å². The van der Waals surface area contributed by atoms with Gasteiger partial charge in [0.05, 0.1) is 13.2 Å². The van der Waals surface area contributed by atoms with Crippen molar-refractivity contribution >= 4 is 23.5 Å². The van der Waals surface area contributed by atoms with E-state index in [0.717, 1.165) is 0 Å². The molecule has 0 saturated carbocycles. The van der Waals surface area contributed by atoms with E-state index in [4.69, 9.17) is 31.3 Å². The quantitative estimate of drug-likeness (QED) is 0.237. The van der Waals surface area contributed by atoms with Gasteiger partial charge in [-0.15, -0.1) is 0 Å². The zero-order valence-electron chi connectivity index (χ0n) is 14.6. The van der Waals surface area contributed by atoms with E-state index in [0.29, 0.717) is 6.42 Å². The molecule has 1 saturated heterocycles. The third-order valence-corrected chi connectivity index (χ3v) is 4.83. The Bertz CT molecular complexity index is 525. The number of rotatable bonds is 6. The van der Waals surface area contributed by atoms with Crippen LogP contribution in [0.3, 0.4) is 0 Å². The third-order valence-electron chi connectivity index (χ3n) is 4.43. The molecule has 0 spiro atoms. The minimum Gasteiger partial charge on any atom is -0.466 e. The van der Waals surface area contributed by atoms with E-state index in [1.165, 1.54) is 14.0 Å². The average Bonchev–Trinajstić information content (AvgIpc) is 2.54. The molecule has 0 bridgehead atoms. The molecule has 1 aliphatic rings. The van der Waals surface area contributed by atoms with Crippen LogP contribution in [0.5, 0.6) is 0 Å². The van der Waals surface area contributed by atoms with Gasteiger partial charge < -0.3 is 14.2 Å². The largest absolute Gasteiger partial charge is 0.466 e. The third kappa shape index (κ3) is 4.53. The maximum absolute atomic E-state index is 12.0. The zero-order chi connectivity index (χ0) is 18.5. The first-order chi connectivity index (χ1) is 11.2. The number of carbonyl (C=O) groups is 2. The Morgan fingerprint density at radius 2 is 2.17 bits per heavy atom. The van der Waals surface area contributed by atoms with E-state index in [2.05, 4.69) is 10.0 Å². The van der Waals surface area contributed by atoms with Gasteiger partial charge in [0.15, 0.2) is 0 Å². The lowest BCUT2D eigenvalue weighted by atomic mass is 9.80. The molecule has 0 radical (unpaired) electrons. The second-order valence-electron chi connectivity index (χ2n) is 6.05. The van der Waals surface area contributed by atoms with Gasteiger partial charge in [-0.3, -0.25) is 4.79 Å². The van der Waals surface area contributed by atoms with Crippen LogP contribution < -0.4 is 0 Å². The zero-order valence-corrected chi connectivity index (χ0v) is 15.3. The van der Waals surface area contributed by atoms with Crippen LogP contribution in [0.4, 0.5) is 0 Å². The summed E-state index contributed by atoms with van der Waals surface area (Å²) in [5.74, 6) is -1.61. The summed E-state index contributed by atoms with van der Waals surface area (Å²) in [6, 6.07) is -0.539. The highest BCUT2D eigenvalue weighted by molar-refractivity contribution is 6.32. The number of azide groups is 1. The van der Waals surface area contributed by atoms with Gasteiger partial charge in [-0.25, -0.2) is 4.79 Å². The fraction of sp³-hybridized carbons (Fsp3) is 0.867. The topological polar surface area (TPSA) is 111 Å². The Balaban J connectivity index is 3.14. The number of halogens is 1. The van der Waals surface area contributed by atoms with Gasteiger partial charge in [-0.05, 0) is 17.9 Å². The summed E-state index contributed by atoms with van der Waals surface area (Å²) in [4.78, 5) is 26.2. The molecule has 6 atom stereocenters. The summed E-state index contributed by atoms with van der Waals surface area (Å²) < 4.78 is 15.9. The molecule has 9 heteroatoms. The number of carbonyl (C=O) groups excluding carboxylic acids is 2. The van der Waals surface area contributed by atoms with E-state index in [1.807, 2.05) is 20.8 Å². The molecule has 0 aromatic rings. The lowest BCUT2D eigenvalue weighted by Gasteiger charge is -2.45. The molecule has 8 nitrogen and oxygen atoms in total. The Labute approximate surface area is 146 Å². The fourth-order valence-electron chi connectivity index (χ4n) is 3.11. The molecule has 136 valence electrons. The van der Waals surface area contributed by atoms with Gasteiger partial charge >= 0.3 is 11.9 Å². The van der Waals surface area contributed by atoms with Crippen LogP contribution >= 0.6 is 11.6 Å². The molecule has 1 unspecified atom stereocenters. The standard InChI is InChI=1S/C15H24ClN3O5/c1-6-12(23-10(4)20)9(3)13-8(2)11(18-19-17)7-15(16,24-13)14(21)22-5/h8-9,11-13H,6-7H2,1-5H3/t8-,9-,11-,12-,13?,15+/m1/s1. The number of hydrogen-bond donors (Lipinski definition) is 0. The molecule has 1 fully saturated rings. The van der Waals surface area contributed by atoms with Crippen molar-refractivity contribution in [2.24, 2.45) is 17.0 Å². The fourth-order valence-corrected chi connectivity index (χ4v) is 3.45. The second-order valence-corrected chi connectivity index (χ2v) is 6.66. The second kappa shape index (κ2) is 8.55. The maximum Gasteiger partial charge on any atom is 0.354 e. The van der Waals surface area contributed by atoms with Gasteiger partial charge in [-0.2, -0.15) is 0 Å². The van der Waals surface area contributed by atoms with Gasteiger partial charge in [0, 0.05) is 30.2 Å². The van der Waals surface area contributed by atoms with E-state index in [1.54, 1.807) is 0 Å². The molecule has 1 heterocycles. The van der Waals surface area contributed by atoms with Crippen molar-refractivity contribution in [1.29, 1.82) is 0 Å². The predicted molar refractivity (Wildman–Crippen MR) is 87.2 cm³/mol. The first kappa shape index (κ1) is 20.5. The van der Waals surface area contributed by atoms with Gasteiger partial charge in [-0.1, -0.05) is 37.5 Å².